The number of aryl methyl sites for hydroxylation is 1. The first-order chi connectivity index (χ1) is 5.63. The van der Waals surface area contributed by atoms with Crippen LogP contribution in [-0.4, -0.2) is 11.1 Å². The molecule has 0 aromatic carbocycles. The molecule has 0 aliphatic heterocycles. The summed E-state index contributed by atoms with van der Waals surface area (Å²) in [6.45, 7) is 2.06. The molecule has 0 atom stereocenters. The van der Waals surface area contributed by atoms with Gasteiger partial charge in [-0.05, 0) is 28.4 Å². The van der Waals surface area contributed by atoms with E-state index in [1.54, 1.807) is 11.3 Å². The van der Waals surface area contributed by atoms with Gasteiger partial charge in [-0.1, -0.05) is 6.92 Å². The van der Waals surface area contributed by atoms with Crippen LogP contribution in [0.2, 0.25) is 0 Å². The molecule has 66 valence electrons. The number of rotatable bonds is 3. The van der Waals surface area contributed by atoms with Crippen LogP contribution in [0.25, 0.3) is 0 Å². The number of carbonyl (C=O) groups is 1. The average molecular weight is 249 g/mol. The quantitative estimate of drug-likeness (QED) is 0.894. The van der Waals surface area contributed by atoms with Crippen molar-refractivity contribution in [2.45, 2.75) is 19.8 Å². The molecule has 1 heterocycles. The summed E-state index contributed by atoms with van der Waals surface area (Å²) in [4.78, 5) is 12.5. The molecule has 2 nitrogen and oxygen atoms in total. The van der Waals surface area contributed by atoms with Gasteiger partial charge in [0, 0.05) is 14.2 Å². The van der Waals surface area contributed by atoms with Crippen LogP contribution in [0, 0.1) is 0 Å². The van der Waals surface area contributed by atoms with Gasteiger partial charge in [-0.15, -0.1) is 11.3 Å². The molecule has 1 aromatic rings. The summed E-state index contributed by atoms with van der Waals surface area (Å²) in [5.74, 6) is -0.772. The second-order valence-corrected chi connectivity index (χ2v) is 4.48. The number of thiophene rings is 1. The number of carboxylic acids is 1. The number of aliphatic carboxylic acids is 1. The summed E-state index contributed by atoms with van der Waals surface area (Å²) in [6.07, 6.45) is 1.08. The molecule has 0 radical (unpaired) electrons. The largest absolute Gasteiger partial charge is 0.481 e. The molecular weight excluding hydrogens is 240 g/mol. The van der Waals surface area contributed by atoms with Gasteiger partial charge in [0.2, 0.25) is 0 Å². The highest BCUT2D eigenvalue weighted by atomic mass is 79.9. The van der Waals surface area contributed by atoms with Crippen molar-refractivity contribution in [3.63, 3.8) is 0 Å². The van der Waals surface area contributed by atoms with Gasteiger partial charge in [0.25, 0.3) is 0 Å². The standard InChI is InChI=1S/C8H9BrO2S/c1-2-7-6(9)3-5(12-7)4-8(10)11/h3H,2,4H2,1H3,(H,10,11). The lowest BCUT2D eigenvalue weighted by Crippen LogP contribution is -1.96. The van der Waals surface area contributed by atoms with E-state index in [1.165, 1.54) is 4.88 Å². The van der Waals surface area contributed by atoms with Crippen molar-refractivity contribution in [1.29, 1.82) is 0 Å². The van der Waals surface area contributed by atoms with Crippen LogP contribution in [0.3, 0.4) is 0 Å². The Kier molecular flexibility index (Phi) is 3.29. The molecule has 1 N–H and O–H groups in total. The van der Waals surface area contributed by atoms with Crippen LogP contribution in [0.4, 0.5) is 0 Å². The maximum absolute atomic E-state index is 10.4. The Hall–Kier alpha value is -0.350. The van der Waals surface area contributed by atoms with Gasteiger partial charge >= 0.3 is 5.97 Å². The summed E-state index contributed by atoms with van der Waals surface area (Å²) in [5, 5.41) is 8.53. The zero-order valence-corrected chi connectivity index (χ0v) is 9.04. The second kappa shape index (κ2) is 4.05. The Morgan fingerprint density at radius 3 is 2.83 bits per heavy atom. The monoisotopic (exact) mass is 248 g/mol. The van der Waals surface area contributed by atoms with E-state index in [-0.39, 0.29) is 6.42 Å². The number of hydrogen-bond acceptors (Lipinski definition) is 2. The van der Waals surface area contributed by atoms with Gasteiger partial charge in [-0.2, -0.15) is 0 Å². The Morgan fingerprint density at radius 2 is 2.42 bits per heavy atom. The Bertz CT molecular complexity index is 293. The average Bonchev–Trinajstić information content (AvgIpc) is 2.29. The molecular formula is C8H9BrO2S. The van der Waals surface area contributed by atoms with Gasteiger partial charge in [-0.3, -0.25) is 4.79 Å². The number of hydrogen-bond donors (Lipinski definition) is 1. The molecule has 12 heavy (non-hydrogen) atoms. The van der Waals surface area contributed by atoms with Crippen molar-refractivity contribution in [3.05, 3.63) is 20.3 Å². The summed E-state index contributed by atoms with van der Waals surface area (Å²) < 4.78 is 1.03. The summed E-state index contributed by atoms with van der Waals surface area (Å²) in [6, 6.07) is 1.89. The molecule has 0 saturated heterocycles. The summed E-state index contributed by atoms with van der Waals surface area (Å²) in [7, 11) is 0. The van der Waals surface area contributed by atoms with Crippen LogP contribution in [0.1, 0.15) is 16.7 Å². The third-order valence-electron chi connectivity index (χ3n) is 1.45. The molecule has 0 aliphatic carbocycles. The van der Waals surface area contributed by atoms with Crippen LogP contribution in [-0.2, 0) is 17.6 Å². The maximum atomic E-state index is 10.4. The fourth-order valence-corrected chi connectivity index (χ4v) is 2.88. The third-order valence-corrected chi connectivity index (χ3v) is 3.70. The fraction of sp³-hybridized carbons (Fsp3) is 0.375. The Morgan fingerprint density at radius 1 is 1.75 bits per heavy atom. The van der Waals surface area contributed by atoms with Crippen LogP contribution in [0.15, 0.2) is 10.5 Å². The van der Waals surface area contributed by atoms with E-state index in [0.717, 1.165) is 15.8 Å². The first-order valence-corrected chi connectivity index (χ1v) is 5.23. The van der Waals surface area contributed by atoms with Crippen molar-refractivity contribution >= 4 is 33.2 Å². The Balaban J connectivity index is 2.82. The van der Waals surface area contributed by atoms with Crippen molar-refractivity contribution in [1.82, 2.24) is 0 Å². The van der Waals surface area contributed by atoms with Crippen molar-refractivity contribution in [2.24, 2.45) is 0 Å². The lowest BCUT2D eigenvalue weighted by Gasteiger charge is -1.88. The van der Waals surface area contributed by atoms with Gasteiger partial charge in [0.05, 0.1) is 6.42 Å². The summed E-state index contributed by atoms with van der Waals surface area (Å²) >= 11 is 4.94. The number of carboxylic acid groups (broad SMARTS) is 1. The van der Waals surface area contributed by atoms with Crippen molar-refractivity contribution in [3.8, 4) is 0 Å². The van der Waals surface area contributed by atoms with E-state index in [2.05, 4.69) is 22.9 Å². The van der Waals surface area contributed by atoms with Gasteiger partial charge in [0.15, 0.2) is 0 Å². The maximum Gasteiger partial charge on any atom is 0.308 e. The molecule has 0 amide bonds. The Labute approximate surface area is 83.4 Å². The van der Waals surface area contributed by atoms with Crippen LogP contribution in [0.5, 0.6) is 0 Å². The lowest BCUT2D eigenvalue weighted by molar-refractivity contribution is -0.136. The zero-order valence-electron chi connectivity index (χ0n) is 6.63. The third kappa shape index (κ3) is 2.32. The van der Waals surface area contributed by atoms with E-state index in [1.807, 2.05) is 6.07 Å². The molecule has 0 aliphatic rings. The van der Waals surface area contributed by atoms with E-state index in [0.29, 0.717) is 0 Å². The molecule has 0 bridgehead atoms. The van der Waals surface area contributed by atoms with E-state index in [4.69, 9.17) is 5.11 Å². The molecule has 0 saturated carbocycles. The SMILES string of the molecule is CCc1sc(CC(=O)O)cc1Br. The van der Waals surface area contributed by atoms with Crippen LogP contribution < -0.4 is 0 Å². The zero-order chi connectivity index (χ0) is 9.14. The van der Waals surface area contributed by atoms with Gasteiger partial charge < -0.3 is 5.11 Å². The van der Waals surface area contributed by atoms with Crippen LogP contribution >= 0.6 is 27.3 Å². The molecule has 1 rings (SSSR count). The highest BCUT2D eigenvalue weighted by molar-refractivity contribution is 9.10. The summed E-state index contributed by atoms with van der Waals surface area (Å²) in [5.41, 5.74) is 0. The van der Waals surface area contributed by atoms with E-state index < -0.39 is 5.97 Å². The molecule has 0 unspecified atom stereocenters. The van der Waals surface area contributed by atoms with E-state index >= 15 is 0 Å². The van der Waals surface area contributed by atoms with Crippen molar-refractivity contribution < 1.29 is 9.90 Å². The highest BCUT2D eigenvalue weighted by Gasteiger charge is 2.07. The van der Waals surface area contributed by atoms with Gasteiger partial charge in [0.1, 0.15) is 0 Å². The van der Waals surface area contributed by atoms with Gasteiger partial charge in [-0.25, -0.2) is 0 Å². The minimum atomic E-state index is -0.772. The van der Waals surface area contributed by atoms with E-state index in [9.17, 15) is 4.79 Å². The lowest BCUT2D eigenvalue weighted by atomic mass is 10.3. The smallest absolute Gasteiger partial charge is 0.308 e. The second-order valence-electron chi connectivity index (χ2n) is 2.41. The first-order valence-electron chi connectivity index (χ1n) is 3.62. The fourth-order valence-electron chi connectivity index (χ4n) is 0.936. The number of halogens is 1. The molecule has 0 fully saturated rings. The normalized spacial score (nSPS) is 10.2. The molecule has 4 heteroatoms. The van der Waals surface area contributed by atoms with Crippen molar-refractivity contribution in [2.75, 3.05) is 0 Å². The first kappa shape index (κ1) is 9.74. The molecule has 0 spiro atoms. The minimum Gasteiger partial charge on any atom is -0.481 e. The topological polar surface area (TPSA) is 37.3 Å². The molecule has 1 aromatic heterocycles. The predicted molar refractivity (Wildman–Crippen MR) is 52.7 cm³/mol. The predicted octanol–water partition coefficient (Wildman–Crippen LogP) is 2.70. The minimum absolute atomic E-state index is 0.128. The highest BCUT2D eigenvalue weighted by Crippen LogP contribution is 2.27.